The van der Waals surface area contributed by atoms with Crippen LogP contribution >= 0.6 is 0 Å². The molecule has 3 nitrogen and oxygen atoms in total. The van der Waals surface area contributed by atoms with Gasteiger partial charge in [0.2, 0.25) is 0 Å². The quantitative estimate of drug-likeness (QED) is 0.903. The highest BCUT2D eigenvalue weighted by Gasteiger charge is 2.31. The van der Waals surface area contributed by atoms with Gasteiger partial charge in [0, 0.05) is 6.92 Å². The molecule has 0 atom stereocenters. The first-order valence-electron chi connectivity index (χ1n) is 6.31. The number of hydrogen-bond acceptors (Lipinski definition) is 2. The van der Waals surface area contributed by atoms with Crippen LogP contribution in [-0.2, 0) is 12.5 Å². The summed E-state index contributed by atoms with van der Waals surface area (Å²) in [6, 6.07) is 12.6. The molecule has 1 N–H and O–H groups in total. The summed E-state index contributed by atoms with van der Waals surface area (Å²) in [4.78, 5) is 11.2. The maximum Gasteiger partial charge on any atom is 0.339 e. The number of carboxylic acid groups (broad SMARTS) is 1. The molecular weight excluding hydrogens is 278 g/mol. The Balaban J connectivity index is 2.37. The number of carbonyl (C=O) groups is 1. The molecule has 110 valence electrons. The topological polar surface area (TPSA) is 46.5 Å². The molecule has 21 heavy (non-hydrogen) atoms. The summed E-state index contributed by atoms with van der Waals surface area (Å²) >= 11 is 0. The van der Waals surface area contributed by atoms with Crippen molar-refractivity contribution in [1.82, 2.24) is 0 Å². The lowest BCUT2D eigenvalue weighted by Gasteiger charge is -2.18. The maximum atomic E-state index is 13.6. The van der Waals surface area contributed by atoms with Crippen LogP contribution in [0.1, 0.15) is 28.4 Å². The molecule has 0 aliphatic heterocycles. The number of benzene rings is 2. The number of ether oxygens (including phenoxy) is 1. The van der Waals surface area contributed by atoms with Gasteiger partial charge in [0.25, 0.3) is 5.92 Å². The van der Waals surface area contributed by atoms with Crippen LogP contribution in [0.4, 0.5) is 8.78 Å². The number of carboxylic acids is 1. The molecule has 2 aromatic carbocycles. The van der Waals surface area contributed by atoms with Crippen LogP contribution in [0.15, 0.2) is 48.5 Å². The number of para-hydroxylation sites is 1. The van der Waals surface area contributed by atoms with Crippen LogP contribution in [0, 0.1) is 0 Å². The van der Waals surface area contributed by atoms with Crippen LogP contribution in [-0.4, -0.2) is 11.1 Å². The van der Waals surface area contributed by atoms with E-state index in [9.17, 15) is 13.6 Å². The highest BCUT2D eigenvalue weighted by molar-refractivity contribution is 5.91. The predicted octanol–water partition coefficient (Wildman–Crippen LogP) is 4.08. The minimum Gasteiger partial charge on any atom is -0.487 e. The highest BCUT2D eigenvalue weighted by Crippen LogP contribution is 2.37. The predicted molar refractivity (Wildman–Crippen MR) is 73.7 cm³/mol. The van der Waals surface area contributed by atoms with Gasteiger partial charge in [-0.05, 0) is 17.7 Å². The molecular formula is C16H14F2O3. The van der Waals surface area contributed by atoms with Gasteiger partial charge >= 0.3 is 5.97 Å². The third-order valence-corrected chi connectivity index (χ3v) is 2.94. The van der Waals surface area contributed by atoms with E-state index in [4.69, 9.17) is 9.84 Å². The summed E-state index contributed by atoms with van der Waals surface area (Å²) in [5.74, 6) is -4.78. The average molecular weight is 292 g/mol. The van der Waals surface area contributed by atoms with Crippen molar-refractivity contribution in [3.05, 3.63) is 65.2 Å². The smallest absolute Gasteiger partial charge is 0.339 e. The molecule has 0 unspecified atom stereocenters. The standard InChI is InChI=1S/C16H14F2O3/c1-16(17,18)13-9-5-8-12(15(19)20)14(13)21-10-11-6-3-2-4-7-11/h2-9H,10H2,1H3,(H,19,20). The molecule has 2 aromatic rings. The van der Waals surface area contributed by atoms with E-state index in [1.54, 1.807) is 24.3 Å². The maximum absolute atomic E-state index is 13.6. The van der Waals surface area contributed by atoms with Crippen molar-refractivity contribution < 1.29 is 23.4 Å². The first kappa shape index (κ1) is 15.0. The molecule has 0 saturated carbocycles. The zero-order valence-electron chi connectivity index (χ0n) is 11.3. The minimum atomic E-state index is -3.18. The molecule has 0 aliphatic rings. The average Bonchev–Trinajstić information content (AvgIpc) is 2.44. The number of halogens is 2. The van der Waals surface area contributed by atoms with Gasteiger partial charge in [-0.25, -0.2) is 13.6 Å². The van der Waals surface area contributed by atoms with E-state index < -0.39 is 17.5 Å². The van der Waals surface area contributed by atoms with E-state index in [0.29, 0.717) is 6.92 Å². The fourth-order valence-electron chi connectivity index (χ4n) is 1.94. The molecule has 0 bridgehead atoms. The Morgan fingerprint density at radius 2 is 1.81 bits per heavy atom. The molecule has 0 heterocycles. The molecule has 0 saturated heterocycles. The highest BCUT2D eigenvalue weighted by atomic mass is 19.3. The van der Waals surface area contributed by atoms with Crippen molar-refractivity contribution in [2.75, 3.05) is 0 Å². The van der Waals surface area contributed by atoms with E-state index in [-0.39, 0.29) is 17.9 Å². The second kappa shape index (κ2) is 5.91. The first-order valence-corrected chi connectivity index (χ1v) is 6.31. The summed E-state index contributed by atoms with van der Waals surface area (Å²) in [6.07, 6.45) is 0. The van der Waals surface area contributed by atoms with Gasteiger partial charge in [-0.1, -0.05) is 36.4 Å². The van der Waals surface area contributed by atoms with E-state index in [2.05, 4.69) is 0 Å². The van der Waals surface area contributed by atoms with E-state index in [0.717, 1.165) is 5.56 Å². The van der Waals surface area contributed by atoms with Gasteiger partial charge in [-0.3, -0.25) is 0 Å². The van der Waals surface area contributed by atoms with E-state index >= 15 is 0 Å². The SMILES string of the molecule is CC(F)(F)c1cccc(C(=O)O)c1OCc1ccccc1. The molecule has 5 heteroatoms. The summed E-state index contributed by atoms with van der Waals surface area (Å²) in [6.45, 7) is 0.734. The second-order valence-electron chi connectivity index (χ2n) is 4.65. The monoisotopic (exact) mass is 292 g/mol. The summed E-state index contributed by atoms with van der Waals surface area (Å²) in [5, 5.41) is 9.13. The van der Waals surface area contributed by atoms with Gasteiger partial charge < -0.3 is 9.84 Å². The van der Waals surface area contributed by atoms with Crippen LogP contribution in [0.5, 0.6) is 5.75 Å². The summed E-state index contributed by atoms with van der Waals surface area (Å²) in [5.41, 5.74) is 0.0614. The number of aromatic carboxylic acids is 1. The Labute approximate surface area is 120 Å². The Morgan fingerprint density at radius 3 is 2.38 bits per heavy atom. The zero-order chi connectivity index (χ0) is 15.5. The van der Waals surface area contributed by atoms with Gasteiger partial charge in [0.15, 0.2) is 0 Å². The third-order valence-electron chi connectivity index (χ3n) is 2.94. The van der Waals surface area contributed by atoms with E-state index in [1.807, 2.05) is 6.07 Å². The lowest BCUT2D eigenvalue weighted by molar-refractivity contribution is 0.0141. The van der Waals surface area contributed by atoms with Crippen LogP contribution in [0.3, 0.4) is 0 Å². The van der Waals surface area contributed by atoms with Gasteiger partial charge in [-0.2, -0.15) is 0 Å². The van der Waals surface area contributed by atoms with Gasteiger partial charge in [0.1, 0.15) is 17.9 Å². The number of alkyl halides is 2. The lowest BCUT2D eigenvalue weighted by Crippen LogP contribution is -2.13. The summed E-state index contributed by atoms with van der Waals surface area (Å²) < 4.78 is 32.6. The van der Waals surface area contributed by atoms with Crippen LogP contribution in [0.25, 0.3) is 0 Å². The molecule has 0 spiro atoms. The van der Waals surface area contributed by atoms with Gasteiger partial charge in [0.05, 0.1) is 5.56 Å². The van der Waals surface area contributed by atoms with Gasteiger partial charge in [-0.15, -0.1) is 0 Å². The molecule has 2 rings (SSSR count). The number of rotatable bonds is 5. The van der Waals surface area contributed by atoms with Crippen molar-refractivity contribution in [3.63, 3.8) is 0 Å². The fraction of sp³-hybridized carbons (Fsp3) is 0.188. The molecule has 0 amide bonds. The van der Waals surface area contributed by atoms with Crippen LogP contribution < -0.4 is 4.74 Å². The van der Waals surface area contributed by atoms with E-state index in [1.165, 1.54) is 18.2 Å². The fourth-order valence-corrected chi connectivity index (χ4v) is 1.94. The minimum absolute atomic E-state index is 0.0220. The molecule has 0 aliphatic carbocycles. The normalized spacial score (nSPS) is 11.2. The number of hydrogen-bond donors (Lipinski definition) is 1. The molecule has 0 radical (unpaired) electrons. The Kier molecular flexibility index (Phi) is 4.21. The first-order chi connectivity index (χ1) is 9.89. The van der Waals surface area contributed by atoms with Crippen molar-refractivity contribution in [1.29, 1.82) is 0 Å². The van der Waals surface area contributed by atoms with Crippen molar-refractivity contribution in [3.8, 4) is 5.75 Å². The Hall–Kier alpha value is -2.43. The lowest BCUT2D eigenvalue weighted by atomic mass is 10.0. The third kappa shape index (κ3) is 3.56. The summed E-state index contributed by atoms with van der Waals surface area (Å²) in [7, 11) is 0. The van der Waals surface area contributed by atoms with Crippen molar-refractivity contribution in [2.45, 2.75) is 19.5 Å². The largest absolute Gasteiger partial charge is 0.487 e. The Bertz CT molecular complexity index is 634. The zero-order valence-corrected chi connectivity index (χ0v) is 11.3. The Morgan fingerprint density at radius 1 is 1.14 bits per heavy atom. The van der Waals surface area contributed by atoms with Crippen LogP contribution in [0.2, 0.25) is 0 Å². The molecule has 0 aromatic heterocycles. The second-order valence-corrected chi connectivity index (χ2v) is 4.65. The molecule has 0 fully saturated rings. The van der Waals surface area contributed by atoms with Crippen molar-refractivity contribution in [2.24, 2.45) is 0 Å². The van der Waals surface area contributed by atoms with Crippen molar-refractivity contribution >= 4 is 5.97 Å².